The van der Waals surface area contributed by atoms with Crippen molar-refractivity contribution < 1.29 is 14.3 Å². The van der Waals surface area contributed by atoms with Crippen molar-refractivity contribution in [2.24, 2.45) is 4.99 Å². The van der Waals surface area contributed by atoms with Crippen LogP contribution < -0.4 is 15.0 Å². The Kier molecular flexibility index (Phi) is 4.69. The summed E-state index contributed by atoms with van der Waals surface area (Å²) in [5, 5.41) is 3.78. The minimum Gasteiger partial charge on any atom is -0.497 e. The standard InChI is InChI=1S/C27H22N4O3/c1-34-19-13-18-11-12-31-24(18)20(15-19)23(16-7-3-2-4-8-16)29-25(27(31)33)30-26(32)22-14-17-9-5-6-10-21(17)28-22/h2-10,13-15,25,28H,11-12H2,1H3,(H,30,32)/t25-/m0/s1. The highest BCUT2D eigenvalue weighted by atomic mass is 16.5. The summed E-state index contributed by atoms with van der Waals surface area (Å²) in [5.74, 6) is 0.0847. The first-order valence-corrected chi connectivity index (χ1v) is 11.2. The molecule has 3 aromatic carbocycles. The lowest BCUT2D eigenvalue weighted by molar-refractivity contribution is -0.120. The highest BCUT2D eigenvalue weighted by Gasteiger charge is 2.37. The number of methoxy groups -OCH3 is 1. The lowest BCUT2D eigenvalue weighted by Crippen LogP contribution is -2.47. The van der Waals surface area contributed by atoms with Crippen LogP contribution in [0.1, 0.15) is 27.2 Å². The highest BCUT2D eigenvalue weighted by molar-refractivity contribution is 6.21. The number of benzene rings is 3. The predicted octanol–water partition coefficient (Wildman–Crippen LogP) is 3.67. The maximum absolute atomic E-state index is 13.6. The maximum atomic E-state index is 13.6. The number of nitrogens with one attached hydrogen (secondary N) is 2. The molecule has 2 aliphatic rings. The van der Waals surface area contributed by atoms with Gasteiger partial charge in [-0.05, 0) is 36.2 Å². The normalized spacial score (nSPS) is 16.7. The van der Waals surface area contributed by atoms with Gasteiger partial charge in [0.2, 0.25) is 6.17 Å². The van der Waals surface area contributed by atoms with Crippen LogP contribution in [0.5, 0.6) is 5.75 Å². The molecule has 3 heterocycles. The Morgan fingerprint density at radius 2 is 1.88 bits per heavy atom. The molecule has 1 atom stereocenters. The molecule has 2 amide bonds. The van der Waals surface area contributed by atoms with Gasteiger partial charge in [-0.25, -0.2) is 4.99 Å². The summed E-state index contributed by atoms with van der Waals surface area (Å²) in [4.78, 5) is 36.4. The first-order valence-electron chi connectivity index (χ1n) is 11.2. The zero-order chi connectivity index (χ0) is 23.2. The van der Waals surface area contributed by atoms with Crippen molar-refractivity contribution in [2.45, 2.75) is 12.6 Å². The number of anilines is 1. The average molecular weight is 450 g/mol. The molecule has 168 valence electrons. The Morgan fingerprint density at radius 3 is 2.68 bits per heavy atom. The number of hydrogen-bond acceptors (Lipinski definition) is 4. The van der Waals surface area contributed by atoms with Gasteiger partial charge in [-0.3, -0.25) is 9.59 Å². The third kappa shape index (κ3) is 3.25. The minimum absolute atomic E-state index is 0.249. The van der Waals surface area contributed by atoms with Crippen LogP contribution >= 0.6 is 0 Å². The van der Waals surface area contributed by atoms with Crippen molar-refractivity contribution in [2.75, 3.05) is 18.6 Å². The van der Waals surface area contributed by atoms with E-state index in [1.54, 1.807) is 18.1 Å². The zero-order valence-electron chi connectivity index (χ0n) is 18.5. The number of para-hydroxylation sites is 1. The van der Waals surface area contributed by atoms with Crippen LogP contribution in [0.2, 0.25) is 0 Å². The van der Waals surface area contributed by atoms with Crippen molar-refractivity contribution >= 4 is 34.1 Å². The van der Waals surface area contributed by atoms with Gasteiger partial charge >= 0.3 is 0 Å². The summed E-state index contributed by atoms with van der Waals surface area (Å²) in [6.07, 6.45) is -0.339. The molecule has 0 spiro atoms. The average Bonchev–Trinajstić information content (AvgIpc) is 3.48. The van der Waals surface area contributed by atoms with E-state index in [-0.39, 0.29) is 11.8 Å². The number of aromatic nitrogens is 1. The number of fused-ring (bicyclic) bond motifs is 1. The van der Waals surface area contributed by atoms with Gasteiger partial charge in [0.05, 0.1) is 18.5 Å². The smallest absolute Gasteiger partial charge is 0.272 e. The molecule has 0 saturated carbocycles. The highest BCUT2D eigenvalue weighted by Crippen LogP contribution is 2.39. The van der Waals surface area contributed by atoms with Crippen LogP contribution in [0, 0.1) is 0 Å². The first kappa shape index (κ1) is 20.2. The summed E-state index contributed by atoms with van der Waals surface area (Å²) < 4.78 is 5.54. The van der Waals surface area contributed by atoms with Gasteiger partial charge in [-0.15, -0.1) is 0 Å². The quantitative estimate of drug-likeness (QED) is 0.497. The third-order valence-corrected chi connectivity index (χ3v) is 6.38. The second-order valence-corrected chi connectivity index (χ2v) is 8.41. The molecular formula is C27H22N4O3. The molecule has 2 N–H and O–H groups in total. The van der Waals surface area contributed by atoms with E-state index in [4.69, 9.17) is 9.73 Å². The number of ether oxygens (including phenoxy) is 1. The number of aliphatic imine (C=N–C) groups is 1. The number of carbonyl (C=O) groups is 2. The Balaban J connectivity index is 1.45. The third-order valence-electron chi connectivity index (χ3n) is 6.38. The van der Waals surface area contributed by atoms with Crippen molar-refractivity contribution in [1.82, 2.24) is 10.3 Å². The second-order valence-electron chi connectivity index (χ2n) is 8.41. The summed E-state index contributed by atoms with van der Waals surface area (Å²) >= 11 is 0. The summed E-state index contributed by atoms with van der Waals surface area (Å²) in [7, 11) is 1.63. The van der Waals surface area contributed by atoms with Gasteiger partial charge in [0.15, 0.2) is 0 Å². The van der Waals surface area contributed by atoms with E-state index >= 15 is 0 Å². The zero-order valence-corrected chi connectivity index (χ0v) is 18.5. The molecule has 4 aromatic rings. The van der Waals surface area contributed by atoms with Crippen LogP contribution in [0.25, 0.3) is 10.9 Å². The second kappa shape index (κ2) is 7.88. The van der Waals surface area contributed by atoms with Gasteiger partial charge in [-0.1, -0.05) is 48.5 Å². The number of nitrogens with zero attached hydrogens (tertiary/aromatic N) is 2. The van der Waals surface area contributed by atoms with Gasteiger partial charge in [0.1, 0.15) is 11.4 Å². The molecule has 1 aromatic heterocycles. The van der Waals surface area contributed by atoms with E-state index in [9.17, 15) is 9.59 Å². The van der Waals surface area contributed by atoms with E-state index in [1.807, 2.05) is 66.7 Å². The molecule has 0 radical (unpaired) electrons. The van der Waals surface area contributed by atoms with Crippen molar-refractivity contribution in [3.63, 3.8) is 0 Å². The fourth-order valence-electron chi connectivity index (χ4n) is 4.76. The van der Waals surface area contributed by atoms with Crippen LogP contribution in [-0.4, -0.2) is 42.3 Å². The summed E-state index contributed by atoms with van der Waals surface area (Å²) in [6, 6.07) is 23.0. The van der Waals surface area contributed by atoms with Gasteiger partial charge in [0.25, 0.3) is 11.8 Å². The monoisotopic (exact) mass is 450 g/mol. The molecule has 0 fully saturated rings. The number of H-pyrrole nitrogens is 1. The fourth-order valence-corrected chi connectivity index (χ4v) is 4.76. The Morgan fingerprint density at radius 1 is 1.09 bits per heavy atom. The lowest BCUT2D eigenvalue weighted by atomic mass is 9.97. The predicted molar refractivity (Wildman–Crippen MR) is 131 cm³/mol. The van der Waals surface area contributed by atoms with Crippen molar-refractivity contribution in [3.8, 4) is 5.75 Å². The van der Waals surface area contributed by atoms with Crippen LogP contribution in [0.15, 0.2) is 77.8 Å². The largest absolute Gasteiger partial charge is 0.497 e. The number of carbonyl (C=O) groups excluding carboxylic acids is 2. The molecule has 0 saturated heterocycles. The molecule has 0 unspecified atom stereocenters. The molecule has 7 nitrogen and oxygen atoms in total. The van der Waals surface area contributed by atoms with Crippen LogP contribution in [0.4, 0.5) is 5.69 Å². The number of aromatic amines is 1. The SMILES string of the molecule is COc1cc2c3c(c1)C(c1ccccc1)=N[C@@H](NC(=O)c1cc4ccccc4[nH]1)C(=O)N3CC2. The number of hydrogen-bond donors (Lipinski definition) is 2. The lowest BCUT2D eigenvalue weighted by Gasteiger charge is -2.21. The number of rotatable bonds is 4. The molecule has 0 aliphatic carbocycles. The minimum atomic E-state index is -1.06. The van der Waals surface area contributed by atoms with Crippen molar-refractivity contribution in [3.05, 3.63) is 95.2 Å². The Bertz CT molecular complexity index is 1440. The summed E-state index contributed by atoms with van der Waals surface area (Å²) in [5.41, 5.74) is 5.46. The van der Waals surface area contributed by atoms with Crippen LogP contribution in [-0.2, 0) is 11.2 Å². The topological polar surface area (TPSA) is 86.8 Å². The first-order chi connectivity index (χ1) is 16.6. The molecule has 2 aliphatic heterocycles. The van der Waals surface area contributed by atoms with E-state index in [2.05, 4.69) is 10.3 Å². The molecule has 7 heteroatoms. The molecular weight excluding hydrogens is 428 g/mol. The molecule has 34 heavy (non-hydrogen) atoms. The van der Waals surface area contributed by atoms with E-state index in [0.717, 1.165) is 39.7 Å². The van der Waals surface area contributed by atoms with Gasteiger partial charge in [-0.2, -0.15) is 0 Å². The summed E-state index contributed by atoms with van der Waals surface area (Å²) in [6.45, 7) is 0.532. The molecule has 0 bridgehead atoms. The maximum Gasteiger partial charge on any atom is 0.272 e. The van der Waals surface area contributed by atoms with E-state index in [1.165, 1.54) is 0 Å². The van der Waals surface area contributed by atoms with Crippen molar-refractivity contribution in [1.29, 1.82) is 0 Å². The number of amides is 2. The Hall–Kier alpha value is -4.39. The fraction of sp³-hybridized carbons (Fsp3) is 0.148. The Labute approximate surface area is 196 Å². The molecule has 6 rings (SSSR count). The van der Waals surface area contributed by atoms with Gasteiger partial charge < -0.3 is 19.9 Å². The van der Waals surface area contributed by atoms with Crippen LogP contribution in [0.3, 0.4) is 0 Å². The van der Waals surface area contributed by atoms with E-state index < -0.39 is 6.17 Å². The van der Waals surface area contributed by atoms with Gasteiger partial charge in [0, 0.05) is 28.6 Å². The van der Waals surface area contributed by atoms with E-state index in [0.29, 0.717) is 23.7 Å².